The van der Waals surface area contributed by atoms with Gasteiger partial charge in [-0.3, -0.25) is 9.89 Å². The van der Waals surface area contributed by atoms with Gasteiger partial charge < -0.3 is 19.7 Å². The van der Waals surface area contributed by atoms with E-state index in [9.17, 15) is 0 Å². The number of nitrogens with one attached hydrogen (secondary N) is 1. The van der Waals surface area contributed by atoms with Crippen LogP contribution in [0, 0.1) is 11.8 Å². The number of likely N-dealkylation sites (tertiary alicyclic amines) is 2. The fourth-order valence-electron chi connectivity index (χ4n) is 4.58. The highest BCUT2D eigenvalue weighted by molar-refractivity contribution is 14.0. The molecule has 2 rings (SSSR count). The van der Waals surface area contributed by atoms with E-state index in [1.165, 1.54) is 19.5 Å². The van der Waals surface area contributed by atoms with Crippen LogP contribution in [0.15, 0.2) is 4.99 Å². The van der Waals surface area contributed by atoms with Gasteiger partial charge in [0.1, 0.15) is 0 Å². The number of nitrogens with zero attached hydrogens (tertiary/aromatic N) is 3. The van der Waals surface area contributed by atoms with Crippen molar-refractivity contribution in [2.45, 2.75) is 65.0 Å². The molecule has 1 N–H and O–H groups in total. The smallest absolute Gasteiger partial charge is 0.193 e. The Labute approximate surface area is 196 Å². The first-order valence-electron chi connectivity index (χ1n) is 11.2. The van der Waals surface area contributed by atoms with Gasteiger partial charge in [0.2, 0.25) is 0 Å². The molecule has 0 saturated carbocycles. The average Bonchev–Trinajstić information content (AvgIpc) is 2.66. The molecule has 2 unspecified atom stereocenters. The second kappa shape index (κ2) is 13.3. The fourth-order valence-corrected chi connectivity index (χ4v) is 4.58. The number of guanidine groups is 1. The standard InChI is InChI=1S/C22H44N4O2.HI/c1-18-14-19(2)16-26(15-18)22(3,4)17-24-21(23-5)25-10-8-20(9-11-25)28-13-7-12-27-6;/h18-20H,7-17H2,1-6H3,(H,23,24);1H. The van der Waals surface area contributed by atoms with Crippen molar-refractivity contribution in [3.05, 3.63) is 0 Å². The predicted molar refractivity (Wildman–Crippen MR) is 132 cm³/mol. The third kappa shape index (κ3) is 8.87. The van der Waals surface area contributed by atoms with Gasteiger partial charge in [0.05, 0.1) is 6.10 Å². The third-order valence-electron chi connectivity index (χ3n) is 6.20. The largest absolute Gasteiger partial charge is 0.385 e. The molecule has 2 fully saturated rings. The molecule has 29 heavy (non-hydrogen) atoms. The molecule has 2 atom stereocenters. The van der Waals surface area contributed by atoms with E-state index in [0.717, 1.165) is 69.9 Å². The zero-order chi connectivity index (χ0) is 20.6. The maximum atomic E-state index is 5.99. The van der Waals surface area contributed by atoms with Gasteiger partial charge in [0, 0.05) is 65.6 Å². The third-order valence-corrected chi connectivity index (χ3v) is 6.20. The van der Waals surface area contributed by atoms with Gasteiger partial charge in [-0.1, -0.05) is 13.8 Å². The summed E-state index contributed by atoms with van der Waals surface area (Å²) in [7, 11) is 3.64. The Morgan fingerprint density at radius 3 is 2.28 bits per heavy atom. The minimum absolute atomic E-state index is 0. The van der Waals surface area contributed by atoms with E-state index in [-0.39, 0.29) is 29.5 Å². The first-order valence-corrected chi connectivity index (χ1v) is 11.2. The lowest BCUT2D eigenvalue weighted by Gasteiger charge is -2.45. The first-order chi connectivity index (χ1) is 13.4. The summed E-state index contributed by atoms with van der Waals surface area (Å²) in [6, 6.07) is 0. The Balaban J connectivity index is 0.00000420. The van der Waals surface area contributed by atoms with Gasteiger partial charge >= 0.3 is 0 Å². The minimum Gasteiger partial charge on any atom is -0.385 e. The van der Waals surface area contributed by atoms with Crippen LogP contribution in [0.25, 0.3) is 0 Å². The van der Waals surface area contributed by atoms with Gasteiger partial charge in [0.25, 0.3) is 0 Å². The number of methoxy groups -OCH3 is 1. The number of ether oxygens (including phenoxy) is 2. The van der Waals surface area contributed by atoms with E-state index >= 15 is 0 Å². The van der Waals surface area contributed by atoms with Crippen LogP contribution in [0.1, 0.15) is 53.4 Å². The highest BCUT2D eigenvalue weighted by Crippen LogP contribution is 2.27. The maximum absolute atomic E-state index is 5.99. The van der Waals surface area contributed by atoms with E-state index in [4.69, 9.17) is 9.47 Å². The molecule has 0 bridgehead atoms. The summed E-state index contributed by atoms with van der Waals surface area (Å²) >= 11 is 0. The zero-order valence-corrected chi connectivity index (χ0v) is 21.9. The average molecular weight is 525 g/mol. The Morgan fingerprint density at radius 2 is 1.72 bits per heavy atom. The zero-order valence-electron chi connectivity index (χ0n) is 19.6. The molecule has 6 nitrogen and oxygen atoms in total. The lowest BCUT2D eigenvalue weighted by molar-refractivity contribution is 0.00955. The van der Waals surface area contributed by atoms with Gasteiger partial charge in [-0.2, -0.15) is 0 Å². The SMILES string of the molecule is CN=C(NCC(C)(C)N1CC(C)CC(C)C1)N1CCC(OCCCOC)CC1.I. The summed E-state index contributed by atoms with van der Waals surface area (Å²) in [5, 5.41) is 3.66. The normalized spacial score (nSPS) is 25.0. The van der Waals surface area contributed by atoms with Crippen LogP contribution in [-0.2, 0) is 9.47 Å². The molecule has 0 amide bonds. The van der Waals surface area contributed by atoms with Crippen molar-refractivity contribution >= 4 is 29.9 Å². The van der Waals surface area contributed by atoms with Crippen LogP contribution in [0.5, 0.6) is 0 Å². The quantitative estimate of drug-likeness (QED) is 0.228. The molecule has 2 saturated heterocycles. The molecule has 0 aromatic rings. The first kappa shape index (κ1) is 26.9. The Morgan fingerprint density at radius 1 is 1.10 bits per heavy atom. The molecule has 0 spiro atoms. The number of hydrogen-bond donors (Lipinski definition) is 1. The maximum Gasteiger partial charge on any atom is 0.193 e. The van der Waals surface area contributed by atoms with Crippen molar-refractivity contribution < 1.29 is 9.47 Å². The number of halogens is 1. The summed E-state index contributed by atoms with van der Waals surface area (Å²) in [5.41, 5.74) is 0.127. The molecule has 0 radical (unpaired) electrons. The molecule has 2 aliphatic heterocycles. The van der Waals surface area contributed by atoms with Gasteiger partial charge in [0.15, 0.2) is 5.96 Å². The molecule has 0 aromatic heterocycles. The van der Waals surface area contributed by atoms with Crippen LogP contribution >= 0.6 is 24.0 Å². The molecular formula is C22H45IN4O2. The van der Waals surface area contributed by atoms with Crippen LogP contribution in [0.4, 0.5) is 0 Å². The number of hydrogen-bond acceptors (Lipinski definition) is 4. The summed E-state index contributed by atoms with van der Waals surface area (Å²) in [6.45, 7) is 16.4. The summed E-state index contributed by atoms with van der Waals surface area (Å²) in [5.74, 6) is 2.60. The van der Waals surface area contributed by atoms with E-state index < -0.39 is 0 Å². The molecule has 172 valence electrons. The van der Waals surface area contributed by atoms with E-state index in [1.807, 2.05) is 7.05 Å². The lowest BCUT2D eigenvalue weighted by atomic mass is 9.88. The van der Waals surface area contributed by atoms with Crippen LogP contribution in [0.3, 0.4) is 0 Å². The van der Waals surface area contributed by atoms with Crippen molar-refractivity contribution in [1.82, 2.24) is 15.1 Å². The van der Waals surface area contributed by atoms with Crippen molar-refractivity contribution in [3.63, 3.8) is 0 Å². The van der Waals surface area contributed by atoms with Crippen LogP contribution in [-0.4, -0.2) is 87.5 Å². The number of aliphatic imine (C=N–C) groups is 1. The second-order valence-electron chi connectivity index (χ2n) is 9.47. The van der Waals surface area contributed by atoms with Gasteiger partial charge in [-0.25, -0.2) is 0 Å². The molecule has 2 heterocycles. The minimum atomic E-state index is 0. The summed E-state index contributed by atoms with van der Waals surface area (Å²) < 4.78 is 11.1. The monoisotopic (exact) mass is 524 g/mol. The molecule has 0 aromatic carbocycles. The Bertz CT molecular complexity index is 471. The molecule has 7 heteroatoms. The number of rotatable bonds is 8. The van der Waals surface area contributed by atoms with Gasteiger partial charge in [-0.05, 0) is 51.4 Å². The highest BCUT2D eigenvalue weighted by atomic mass is 127. The fraction of sp³-hybridized carbons (Fsp3) is 0.955. The van der Waals surface area contributed by atoms with E-state index in [1.54, 1.807) is 7.11 Å². The summed E-state index contributed by atoms with van der Waals surface area (Å²) in [4.78, 5) is 9.60. The van der Waals surface area contributed by atoms with E-state index in [0.29, 0.717) is 6.10 Å². The molecule has 2 aliphatic rings. The lowest BCUT2D eigenvalue weighted by Crippen LogP contribution is -2.58. The molecule has 0 aliphatic carbocycles. The van der Waals surface area contributed by atoms with Crippen LogP contribution < -0.4 is 5.32 Å². The number of piperidine rings is 2. The van der Waals surface area contributed by atoms with Gasteiger partial charge in [-0.15, -0.1) is 24.0 Å². The topological polar surface area (TPSA) is 49.3 Å². The predicted octanol–water partition coefficient (Wildman–Crippen LogP) is 3.45. The molecular weight excluding hydrogens is 479 g/mol. The Kier molecular flexibility index (Phi) is 12.4. The summed E-state index contributed by atoms with van der Waals surface area (Å²) in [6.07, 6.45) is 4.84. The van der Waals surface area contributed by atoms with Crippen molar-refractivity contribution in [2.75, 3.05) is 60.1 Å². The second-order valence-corrected chi connectivity index (χ2v) is 9.47. The Hall–Kier alpha value is -0.120. The van der Waals surface area contributed by atoms with E-state index in [2.05, 4.69) is 47.8 Å². The van der Waals surface area contributed by atoms with Crippen LogP contribution in [0.2, 0.25) is 0 Å². The van der Waals surface area contributed by atoms with Crippen molar-refractivity contribution in [2.24, 2.45) is 16.8 Å². The highest BCUT2D eigenvalue weighted by Gasteiger charge is 2.33. The van der Waals surface area contributed by atoms with Crippen molar-refractivity contribution in [3.8, 4) is 0 Å². The van der Waals surface area contributed by atoms with Crippen molar-refractivity contribution in [1.29, 1.82) is 0 Å².